The summed E-state index contributed by atoms with van der Waals surface area (Å²) in [6.07, 6.45) is 1.72. The average molecular weight is 273 g/mol. The van der Waals surface area contributed by atoms with Crippen LogP contribution in [0.15, 0.2) is 42.6 Å². The van der Waals surface area contributed by atoms with Crippen LogP contribution in [-0.4, -0.2) is 10.9 Å². The number of rotatable bonds is 4. The second kappa shape index (κ2) is 6.14. The van der Waals surface area contributed by atoms with Crippen LogP contribution in [0.5, 0.6) is 0 Å². The van der Waals surface area contributed by atoms with Gasteiger partial charge in [-0.05, 0) is 37.3 Å². The molecule has 0 aliphatic rings. The number of hydrogen-bond acceptors (Lipinski definition) is 3. The number of nitrogens with zero attached hydrogens (tertiary/aromatic N) is 1. The van der Waals surface area contributed by atoms with E-state index in [0.717, 1.165) is 5.69 Å². The highest BCUT2D eigenvalue weighted by atomic mass is 19.1. The highest BCUT2D eigenvalue weighted by Crippen LogP contribution is 2.23. The fourth-order valence-electron chi connectivity index (χ4n) is 1.86. The Morgan fingerprint density at radius 3 is 2.75 bits per heavy atom. The van der Waals surface area contributed by atoms with Crippen molar-refractivity contribution in [2.75, 3.05) is 10.6 Å². The van der Waals surface area contributed by atoms with Crippen LogP contribution >= 0.6 is 0 Å². The Hall–Kier alpha value is -2.43. The number of amides is 1. The van der Waals surface area contributed by atoms with Gasteiger partial charge in [-0.15, -0.1) is 0 Å². The van der Waals surface area contributed by atoms with E-state index in [2.05, 4.69) is 15.6 Å². The first-order chi connectivity index (χ1) is 9.56. The molecular weight excluding hydrogens is 257 g/mol. The largest absolute Gasteiger partial charge is 0.377 e. The molecule has 2 aromatic rings. The molecule has 20 heavy (non-hydrogen) atoms. The van der Waals surface area contributed by atoms with Gasteiger partial charge in [0.05, 0.1) is 17.4 Å². The van der Waals surface area contributed by atoms with Crippen molar-refractivity contribution in [3.63, 3.8) is 0 Å². The second-order valence-electron chi connectivity index (χ2n) is 4.50. The van der Waals surface area contributed by atoms with Gasteiger partial charge in [0, 0.05) is 18.8 Å². The lowest BCUT2D eigenvalue weighted by atomic mass is 10.2. The predicted octanol–water partition coefficient (Wildman–Crippen LogP) is 3.35. The van der Waals surface area contributed by atoms with Crippen molar-refractivity contribution in [1.82, 2.24) is 4.98 Å². The van der Waals surface area contributed by atoms with E-state index in [4.69, 9.17) is 0 Å². The van der Waals surface area contributed by atoms with Gasteiger partial charge >= 0.3 is 0 Å². The molecule has 0 aliphatic heterocycles. The Bertz CT molecular complexity index is 601. The van der Waals surface area contributed by atoms with Crippen LogP contribution < -0.4 is 10.6 Å². The van der Waals surface area contributed by atoms with Crippen molar-refractivity contribution >= 4 is 17.3 Å². The summed E-state index contributed by atoms with van der Waals surface area (Å²) in [6.45, 7) is 3.31. The zero-order chi connectivity index (χ0) is 14.5. The van der Waals surface area contributed by atoms with E-state index >= 15 is 0 Å². The van der Waals surface area contributed by atoms with Crippen molar-refractivity contribution in [2.24, 2.45) is 0 Å². The lowest BCUT2D eigenvalue weighted by Gasteiger charge is -2.15. The number of halogens is 1. The summed E-state index contributed by atoms with van der Waals surface area (Å²) >= 11 is 0. The third-order valence-corrected chi connectivity index (χ3v) is 2.79. The SMILES string of the molecule is CC(=O)Nc1cc(NC(C)c2ccccn2)ccc1F. The first kappa shape index (κ1) is 14.0. The number of aromatic nitrogens is 1. The Morgan fingerprint density at radius 1 is 1.30 bits per heavy atom. The van der Waals surface area contributed by atoms with Crippen LogP contribution in [0.2, 0.25) is 0 Å². The first-order valence-electron chi connectivity index (χ1n) is 6.31. The Labute approximate surface area is 117 Å². The van der Waals surface area contributed by atoms with Gasteiger partial charge in [-0.3, -0.25) is 9.78 Å². The Kier molecular flexibility index (Phi) is 4.30. The summed E-state index contributed by atoms with van der Waals surface area (Å²) in [7, 11) is 0. The zero-order valence-electron chi connectivity index (χ0n) is 11.4. The minimum absolute atomic E-state index is 0.0214. The van der Waals surface area contributed by atoms with Gasteiger partial charge in [-0.2, -0.15) is 0 Å². The van der Waals surface area contributed by atoms with E-state index in [1.807, 2.05) is 25.1 Å². The number of carbonyl (C=O) groups is 1. The van der Waals surface area contributed by atoms with E-state index in [-0.39, 0.29) is 17.6 Å². The monoisotopic (exact) mass is 273 g/mol. The lowest BCUT2D eigenvalue weighted by Crippen LogP contribution is -2.10. The van der Waals surface area contributed by atoms with Crippen LogP contribution in [0.4, 0.5) is 15.8 Å². The molecule has 0 fully saturated rings. The fraction of sp³-hybridized carbons (Fsp3) is 0.200. The summed E-state index contributed by atoms with van der Waals surface area (Å²) in [5, 5.41) is 5.68. The van der Waals surface area contributed by atoms with Crippen molar-refractivity contribution in [3.05, 3.63) is 54.1 Å². The maximum Gasteiger partial charge on any atom is 0.221 e. The summed E-state index contributed by atoms with van der Waals surface area (Å²) in [5.41, 5.74) is 1.77. The molecule has 0 radical (unpaired) electrons. The third kappa shape index (κ3) is 3.54. The van der Waals surface area contributed by atoms with Gasteiger partial charge < -0.3 is 10.6 Å². The van der Waals surface area contributed by atoms with E-state index < -0.39 is 5.82 Å². The molecule has 2 rings (SSSR count). The number of hydrogen-bond donors (Lipinski definition) is 2. The standard InChI is InChI=1S/C15H16FN3O/c1-10(14-5-3-4-8-17-14)18-12-6-7-13(16)15(9-12)19-11(2)20/h3-10,18H,1-2H3,(H,19,20). The number of anilines is 2. The van der Waals surface area contributed by atoms with Crippen LogP contribution in [0, 0.1) is 5.82 Å². The van der Waals surface area contributed by atoms with Gasteiger partial charge in [0.1, 0.15) is 5.82 Å². The van der Waals surface area contributed by atoms with Crippen molar-refractivity contribution in [3.8, 4) is 0 Å². The van der Waals surface area contributed by atoms with Crippen molar-refractivity contribution < 1.29 is 9.18 Å². The predicted molar refractivity (Wildman–Crippen MR) is 77.0 cm³/mol. The van der Waals surface area contributed by atoms with Gasteiger partial charge in [0.2, 0.25) is 5.91 Å². The van der Waals surface area contributed by atoms with Crippen LogP contribution in [0.25, 0.3) is 0 Å². The third-order valence-electron chi connectivity index (χ3n) is 2.79. The van der Waals surface area contributed by atoms with Gasteiger partial charge in [-0.1, -0.05) is 6.07 Å². The van der Waals surface area contributed by atoms with E-state index in [0.29, 0.717) is 5.69 Å². The molecule has 1 aromatic heterocycles. The summed E-state index contributed by atoms with van der Waals surface area (Å²) in [5.74, 6) is -0.768. The number of benzene rings is 1. The molecule has 4 nitrogen and oxygen atoms in total. The molecule has 1 atom stereocenters. The highest BCUT2D eigenvalue weighted by Gasteiger charge is 2.09. The smallest absolute Gasteiger partial charge is 0.221 e. The van der Waals surface area contributed by atoms with Crippen LogP contribution in [0.1, 0.15) is 25.6 Å². The molecule has 1 aromatic carbocycles. The second-order valence-corrected chi connectivity index (χ2v) is 4.50. The van der Waals surface area contributed by atoms with Gasteiger partial charge in [0.25, 0.3) is 0 Å². The van der Waals surface area contributed by atoms with Crippen LogP contribution in [0.3, 0.4) is 0 Å². The molecule has 1 unspecified atom stereocenters. The molecule has 0 bridgehead atoms. The first-order valence-corrected chi connectivity index (χ1v) is 6.31. The van der Waals surface area contributed by atoms with Gasteiger partial charge in [-0.25, -0.2) is 4.39 Å². The molecule has 0 spiro atoms. The molecule has 0 saturated heterocycles. The number of pyridine rings is 1. The molecule has 1 amide bonds. The van der Waals surface area contributed by atoms with Gasteiger partial charge in [0.15, 0.2) is 0 Å². The highest BCUT2D eigenvalue weighted by molar-refractivity contribution is 5.89. The van der Waals surface area contributed by atoms with E-state index in [9.17, 15) is 9.18 Å². The minimum atomic E-state index is -0.462. The number of carbonyl (C=O) groups excluding carboxylic acids is 1. The molecule has 1 heterocycles. The molecule has 0 saturated carbocycles. The summed E-state index contributed by atoms with van der Waals surface area (Å²) in [4.78, 5) is 15.3. The Balaban J connectivity index is 2.15. The molecule has 5 heteroatoms. The molecular formula is C15H16FN3O. The summed E-state index contributed by atoms with van der Waals surface area (Å²) in [6, 6.07) is 10.2. The molecule has 104 valence electrons. The zero-order valence-corrected chi connectivity index (χ0v) is 11.4. The number of nitrogens with one attached hydrogen (secondary N) is 2. The molecule has 0 aliphatic carbocycles. The van der Waals surface area contributed by atoms with E-state index in [1.165, 1.54) is 13.0 Å². The Morgan fingerprint density at radius 2 is 2.10 bits per heavy atom. The minimum Gasteiger partial charge on any atom is -0.377 e. The maximum atomic E-state index is 13.5. The average Bonchev–Trinajstić information content (AvgIpc) is 2.43. The summed E-state index contributed by atoms with van der Waals surface area (Å²) < 4.78 is 13.5. The fourth-order valence-corrected chi connectivity index (χ4v) is 1.86. The lowest BCUT2D eigenvalue weighted by molar-refractivity contribution is -0.114. The maximum absolute atomic E-state index is 13.5. The molecule has 2 N–H and O–H groups in total. The van der Waals surface area contributed by atoms with E-state index in [1.54, 1.807) is 18.3 Å². The topological polar surface area (TPSA) is 54.0 Å². The van der Waals surface area contributed by atoms with Crippen LogP contribution in [-0.2, 0) is 4.79 Å². The van der Waals surface area contributed by atoms with Crippen molar-refractivity contribution in [1.29, 1.82) is 0 Å². The normalized spacial score (nSPS) is 11.8. The quantitative estimate of drug-likeness (QED) is 0.898. The van der Waals surface area contributed by atoms with Crippen molar-refractivity contribution in [2.45, 2.75) is 19.9 Å².